The maximum Gasteiger partial charge on any atom is 0.168 e. The van der Waals surface area contributed by atoms with Crippen LogP contribution < -0.4 is 0 Å². The fourth-order valence-electron chi connectivity index (χ4n) is 4.19. The van der Waals surface area contributed by atoms with Crippen molar-refractivity contribution in [1.29, 1.82) is 0 Å². The molecule has 2 aromatic rings. The lowest BCUT2D eigenvalue weighted by molar-refractivity contribution is -0.115. The summed E-state index contributed by atoms with van der Waals surface area (Å²) < 4.78 is 5.38. The number of aromatic nitrogens is 1. The van der Waals surface area contributed by atoms with Crippen LogP contribution in [0, 0.1) is 0 Å². The molecule has 4 rings (SSSR count). The number of aliphatic hydroxyl groups excluding tert-OH is 1. The molecule has 0 atom stereocenters. The van der Waals surface area contributed by atoms with Crippen LogP contribution in [0.15, 0.2) is 51.2 Å². The fraction of sp³-hybridized carbons (Fsp3) is 0.417. The third kappa shape index (κ3) is 4.42. The highest BCUT2D eigenvalue weighted by Crippen LogP contribution is 2.27. The molecule has 0 spiro atoms. The molecule has 156 valence electrons. The molecule has 0 aliphatic heterocycles. The highest BCUT2D eigenvalue weighted by molar-refractivity contribution is 6.23. The predicted molar refractivity (Wildman–Crippen MR) is 113 cm³/mol. The van der Waals surface area contributed by atoms with Gasteiger partial charge in [-0.15, -0.1) is 0 Å². The lowest BCUT2D eigenvalue weighted by Gasteiger charge is -2.17. The van der Waals surface area contributed by atoms with Crippen LogP contribution in [-0.4, -0.2) is 34.1 Å². The lowest BCUT2D eigenvalue weighted by Crippen LogP contribution is -2.21. The number of hydrogen-bond acceptors (Lipinski definition) is 6. The Bertz CT molecular complexity index is 1000. The van der Waals surface area contributed by atoms with E-state index in [1.807, 2.05) is 30.3 Å². The van der Waals surface area contributed by atoms with Crippen molar-refractivity contribution in [1.82, 2.24) is 5.16 Å². The Kier molecular flexibility index (Phi) is 6.21. The van der Waals surface area contributed by atoms with Gasteiger partial charge in [-0.1, -0.05) is 35.5 Å². The summed E-state index contributed by atoms with van der Waals surface area (Å²) in [5.41, 5.74) is 3.38. The van der Waals surface area contributed by atoms with Gasteiger partial charge in [-0.25, -0.2) is 0 Å². The molecule has 6 nitrogen and oxygen atoms in total. The van der Waals surface area contributed by atoms with Crippen molar-refractivity contribution in [3.63, 3.8) is 0 Å². The van der Waals surface area contributed by atoms with E-state index in [9.17, 15) is 14.7 Å². The fourth-order valence-corrected chi connectivity index (χ4v) is 4.19. The Morgan fingerprint density at radius 3 is 2.57 bits per heavy atom. The van der Waals surface area contributed by atoms with Crippen molar-refractivity contribution >= 4 is 17.3 Å². The minimum absolute atomic E-state index is 0.0598. The standard InChI is InChI=1S/C24H26N2O4/c27-19-8-4-9-20(28)23(19)17(25-15-14-16-6-2-1-3-7-16)12-13-18-24-21(29)10-5-11-22(24)30-26-18/h1-3,6-7,27H,4-5,8-15H2. The molecule has 2 aliphatic carbocycles. The van der Waals surface area contributed by atoms with Gasteiger partial charge < -0.3 is 9.63 Å². The van der Waals surface area contributed by atoms with E-state index in [0.717, 1.165) is 19.3 Å². The number of allylic oxidation sites excluding steroid dienone is 2. The molecule has 1 N–H and O–H groups in total. The van der Waals surface area contributed by atoms with E-state index in [-0.39, 0.29) is 17.3 Å². The molecule has 6 heteroatoms. The van der Waals surface area contributed by atoms with Gasteiger partial charge in [0.1, 0.15) is 11.5 Å². The van der Waals surface area contributed by atoms with E-state index in [2.05, 4.69) is 5.16 Å². The van der Waals surface area contributed by atoms with Crippen LogP contribution in [0.1, 0.15) is 65.9 Å². The molecule has 0 saturated carbocycles. The molecule has 1 aromatic carbocycles. The zero-order chi connectivity index (χ0) is 20.9. The van der Waals surface area contributed by atoms with Gasteiger partial charge in [0.15, 0.2) is 11.6 Å². The predicted octanol–water partition coefficient (Wildman–Crippen LogP) is 4.38. The monoisotopic (exact) mass is 406 g/mol. The van der Waals surface area contributed by atoms with Crippen molar-refractivity contribution in [2.24, 2.45) is 4.99 Å². The van der Waals surface area contributed by atoms with Crippen molar-refractivity contribution in [3.05, 3.63) is 64.2 Å². The van der Waals surface area contributed by atoms with E-state index in [1.54, 1.807) is 0 Å². The summed E-state index contributed by atoms with van der Waals surface area (Å²) in [6.45, 7) is 0.527. The summed E-state index contributed by atoms with van der Waals surface area (Å²) in [6.07, 6.45) is 5.28. The third-order valence-electron chi connectivity index (χ3n) is 5.74. The van der Waals surface area contributed by atoms with Crippen molar-refractivity contribution in [2.75, 3.05) is 6.54 Å². The Balaban J connectivity index is 1.55. The van der Waals surface area contributed by atoms with E-state index >= 15 is 0 Å². The molecule has 0 unspecified atom stereocenters. The number of benzene rings is 1. The maximum atomic E-state index is 12.5. The molecule has 0 bridgehead atoms. The number of aryl methyl sites for hydroxylation is 2. The summed E-state index contributed by atoms with van der Waals surface area (Å²) in [5.74, 6) is 0.809. The molecule has 1 heterocycles. The SMILES string of the molecule is O=C1CCCC(O)=C1C(CCc1noc2c1C(=O)CCC2)=NCCc1ccccc1. The molecule has 2 aliphatic rings. The second-order valence-corrected chi connectivity index (χ2v) is 7.87. The largest absolute Gasteiger partial charge is 0.511 e. The highest BCUT2D eigenvalue weighted by atomic mass is 16.5. The molecular weight excluding hydrogens is 380 g/mol. The van der Waals surface area contributed by atoms with Crippen LogP contribution in [0.3, 0.4) is 0 Å². The van der Waals surface area contributed by atoms with Crippen molar-refractivity contribution < 1.29 is 19.2 Å². The molecule has 0 saturated heterocycles. The topological polar surface area (TPSA) is 92.8 Å². The van der Waals surface area contributed by atoms with Gasteiger partial charge >= 0.3 is 0 Å². The minimum Gasteiger partial charge on any atom is -0.511 e. The molecule has 30 heavy (non-hydrogen) atoms. The smallest absolute Gasteiger partial charge is 0.168 e. The first kappa shape index (κ1) is 20.3. The van der Waals surface area contributed by atoms with Crippen LogP contribution >= 0.6 is 0 Å². The average molecular weight is 406 g/mol. The molecule has 1 aromatic heterocycles. The second kappa shape index (κ2) is 9.20. The summed E-state index contributed by atoms with van der Waals surface area (Å²) in [6, 6.07) is 10.0. The quantitative estimate of drug-likeness (QED) is 0.689. The molecule has 0 fully saturated rings. The van der Waals surface area contributed by atoms with E-state index in [0.29, 0.717) is 73.4 Å². The van der Waals surface area contributed by atoms with Gasteiger partial charge in [-0.05, 0) is 37.7 Å². The number of carbonyl (C=O) groups is 2. The summed E-state index contributed by atoms with van der Waals surface area (Å²) in [7, 11) is 0. The van der Waals surface area contributed by atoms with Crippen molar-refractivity contribution in [3.8, 4) is 0 Å². The van der Waals surface area contributed by atoms with E-state index < -0.39 is 0 Å². The van der Waals surface area contributed by atoms with Gasteiger partial charge in [0.05, 0.1) is 16.8 Å². The number of carbonyl (C=O) groups excluding carboxylic acids is 2. The summed E-state index contributed by atoms with van der Waals surface area (Å²) in [5, 5.41) is 14.5. The number of fused-ring (bicyclic) bond motifs is 1. The van der Waals surface area contributed by atoms with Gasteiger partial charge in [0.25, 0.3) is 0 Å². The Hall–Kier alpha value is -3.02. The minimum atomic E-state index is -0.0598. The summed E-state index contributed by atoms with van der Waals surface area (Å²) in [4.78, 5) is 29.6. The molecule has 0 radical (unpaired) electrons. The van der Waals surface area contributed by atoms with Gasteiger partial charge in [0, 0.05) is 37.9 Å². The number of aliphatic hydroxyl groups is 1. The number of ketones is 2. The van der Waals surface area contributed by atoms with Crippen LogP contribution in [0.5, 0.6) is 0 Å². The van der Waals surface area contributed by atoms with Gasteiger partial charge in [-0.2, -0.15) is 0 Å². The zero-order valence-electron chi connectivity index (χ0n) is 17.0. The van der Waals surface area contributed by atoms with Crippen LogP contribution in [0.2, 0.25) is 0 Å². The van der Waals surface area contributed by atoms with Gasteiger partial charge in [-0.3, -0.25) is 14.6 Å². The van der Waals surface area contributed by atoms with E-state index in [1.165, 1.54) is 5.56 Å². The molecular formula is C24H26N2O4. The number of Topliss-reactive ketones (excluding diaryl/α,β-unsaturated/α-hetero) is 2. The third-order valence-corrected chi connectivity index (χ3v) is 5.74. The van der Waals surface area contributed by atoms with Crippen LogP contribution in [-0.2, 0) is 24.1 Å². The lowest BCUT2D eigenvalue weighted by atomic mass is 9.89. The number of nitrogens with zero attached hydrogens (tertiary/aromatic N) is 2. The Morgan fingerprint density at radius 2 is 1.77 bits per heavy atom. The first-order valence-electron chi connectivity index (χ1n) is 10.7. The number of rotatable bonds is 7. The number of hydrogen-bond donors (Lipinski definition) is 1. The molecule has 0 amide bonds. The first-order chi connectivity index (χ1) is 14.6. The maximum absolute atomic E-state index is 12.5. The van der Waals surface area contributed by atoms with E-state index in [4.69, 9.17) is 9.52 Å². The Morgan fingerprint density at radius 1 is 1.00 bits per heavy atom. The van der Waals surface area contributed by atoms with Crippen LogP contribution in [0.25, 0.3) is 0 Å². The zero-order valence-corrected chi connectivity index (χ0v) is 17.0. The van der Waals surface area contributed by atoms with Crippen LogP contribution in [0.4, 0.5) is 0 Å². The second-order valence-electron chi connectivity index (χ2n) is 7.87. The average Bonchev–Trinajstić information content (AvgIpc) is 3.16. The normalized spacial score (nSPS) is 17.4. The highest BCUT2D eigenvalue weighted by Gasteiger charge is 2.28. The summed E-state index contributed by atoms with van der Waals surface area (Å²) >= 11 is 0. The first-order valence-corrected chi connectivity index (χ1v) is 10.7. The Labute approximate surface area is 175 Å². The van der Waals surface area contributed by atoms with Crippen molar-refractivity contribution in [2.45, 2.75) is 57.8 Å². The number of aliphatic imine (C=N–C) groups is 1. The van der Waals surface area contributed by atoms with Gasteiger partial charge in [0.2, 0.25) is 0 Å².